The van der Waals surface area contributed by atoms with Crippen molar-refractivity contribution < 1.29 is 26.4 Å². The number of fused-ring (bicyclic) bond motifs is 1. The van der Waals surface area contributed by atoms with E-state index in [9.17, 15) is 21.6 Å². The molecule has 0 unspecified atom stereocenters. The predicted octanol–water partition coefficient (Wildman–Crippen LogP) is 2.74. The summed E-state index contributed by atoms with van der Waals surface area (Å²) < 4.78 is 53.7. The van der Waals surface area contributed by atoms with Crippen molar-refractivity contribution in [3.8, 4) is 0 Å². The van der Waals surface area contributed by atoms with E-state index in [-0.39, 0.29) is 21.2 Å². The highest BCUT2D eigenvalue weighted by Crippen LogP contribution is 2.39. The van der Waals surface area contributed by atoms with Gasteiger partial charge in [-0.15, -0.1) is 11.3 Å². The van der Waals surface area contributed by atoms with E-state index in [4.69, 9.17) is 16.3 Å². The zero-order valence-electron chi connectivity index (χ0n) is 13.5. The Morgan fingerprint density at radius 2 is 1.96 bits per heavy atom. The molecule has 0 saturated heterocycles. The lowest BCUT2D eigenvalue weighted by Crippen LogP contribution is -2.28. The quantitative estimate of drug-likeness (QED) is 0.690. The molecule has 0 bridgehead atoms. The van der Waals surface area contributed by atoms with Crippen LogP contribution >= 0.6 is 22.9 Å². The van der Waals surface area contributed by atoms with Gasteiger partial charge in [-0.1, -0.05) is 11.6 Å². The number of sulfonamides is 1. The van der Waals surface area contributed by atoms with Crippen LogP contribution in [-0.4, -0.2) is 36.1 Å². The number of carbonyl (C=O) groups excluding carboxylic acids is 1. The molecular formula is C15H12ClNO6S3. The monoisotopic (exact) mass is 433 g/mol. The second-order valence-corrected chi connectivity index (χ2v) is 10.6. The van der Waals surface area contributed by atoms with Gasteiger partial charge in [0.2, 0.25) is 0 Å². The lowest BCUT2D eigenvalue weighted by molar-refractivity contribution is 0.0693. The van der Waals surface area contributed by atoms with Crippen molar-refractivity contribution in [2.24, 2.45) is 0 Å². The van der Waals surface area contributed by atoms with Gasteiger partial charge in [0, 0.05) is 13.3 Å². The number of thiophene rings is 1. The number of hydrogen-bond acceptors (Lipinski definition) is 7. The average molecular weight is 434 g/mol. The molecule has 0 spiro atoms. The van der Waals surface area contributed by atoms with Crippen molar-refractivity contribution in [2.75, 3.05) is 17.6 Å². The van der Waals surface area contributed by atoms with Gasteiger partial charge in [0.25, 0.3) is 10.0 Å². The van der Waals surface area contributed by atoms with Crippen molar-refractivity contribution >= 4 is 60.2 Å². The molecule has 1 aliphatic heterocycles. The van der Waals surface area contributed by atoms with Gasteiger partial charge in [-0.2, -0.15) is 0 Å². The van der Waals surface area contributed by atoms with Crippen molar-refractivity contribution in [1.29, 1.82) is 0 Å². The standard InChI is InChI=1S/C15H12ClNO6S3/c1-17-12-5-6-24-14(12)13(8-26(17,21)22)23-15(18)10-4-3-9(7-11(10)16)25(2,19)20/h3-8H,1-2H3. The Labute approximate surface area is 159 Å². The molecule has 0 atom stereocenters. The fourth-order valence-electron chi connectivity index (χ4n) is 2.26. The first-order valence-corrected chi connectivity index (χ1v) is 11.7. The van der Waals surface area contributed by atoms with Crippen molar-refractivity contribution in [1.82, 2.24) is 0 Å². The van der Waals surface area contributed by atoms with Crippen LogP contribution in [-0.2, 0) is 24.6 Å². The van der Waals surface area contributed by atoms with Gasteiger partial charge in [-0.3, -0.25) is 4.31 Å². The Kier molecular flexibility index (Phi) is 4.63. The van der Waals surface area contributed by atoms with E-state index in [0.717, 1.165) is 22.0 Å². The second-order valence-electron chi connectivity index (χ2n) is 5.43. The number of esters is 1. The van der Waals surface area contributed by atoms with Gasteiger partial charge in [-0.05, 0) is 29.6 Å². The minimum absolute atomic E-state index is 0.0410. The van der Waals surface area contributed by atoms with Crippen LogP contribution in [0.3, 0.4) is 0 Å². The van der Waals surface area contributed by atoms with Crippen LogP contribution in [0.1, 0.15) is 15.2 Å². The zero-order valence-corrected chi connectivity index (χ0v) is 16.7. The Hall–Kier alpha value is -1.88. The maximum atomic E-state index is 12.4. The minimum atomic E-state index is -3.77. The maximum Gasteiger partial charge on any atom is 0.345 e. The number of nitrogens with zero attached hydrogens (tertiary/aromatic N) is 1. The lowest BCUT2D eigenvalue weighted by atomic mass is 10.2. The SMILES string of the molecule is CN1c2ccsc2C(OC(=O)c2ccc(S(C)(=O)=O)cc2Cl)=CS1(=O)=O. The number of halogens is 1. The van der Waals surface area contributed by atoms with Crippen LogP contribution in [0.4, 0.5) is 5.69 Å². The first-order valence-electron chi connectivity index (χ1n) is 7.01. The lowest BCUT2D eigenvalue weighted by Gasteiger charge is -2.23. The molecule has 11 heteroatoms. The first-order chi connectivity index (χ1) is 12.0. The number of rotatable bonds is 3. The van der Waals surface area contributed by atoms with E-state index in [1.165, 1.54) is 30.5 Å². The molecule has 3 rings (SSSR count). The molecule has 0 amide bonds. The molecule has 7 nitrogen and oxygen atoms in total. The van der Waals surface area contributed by atoms with Crippen LogP contribution in [0.25, 0.3) is 5.76 Å². The second kappa shape index (κ2) is 6.38. The Balaban J connectivity index is 1.96. The smallest absolute Gasteiger partial charge is 0.345 e. The summed E-state index contributed by atoms with van der Waals surface area (Å²) in [5.74, 6) is -0.998. The van der Waals surface area contributed by atoms with E-state index in [1.54, 1.807) is 11.4 Å². The van der Waals surface area contributed by atoms with Crippen molar-refractivity contribution in [3.63, 3.8) is 0 Å². The summed E-state index contributed by atoms with van der Waals surface area (Å²) in [6, 6.07) is 5.20. The fourth-order valence-corrected chi connectivity index (χ4v) is 5.26. The van der Waals surface area contributed by atoms with Gasteiger partial charge in [0.05, 0.1) is 31.5 Å². The Morgan fingerprint density at radius 3 is 2.58 bits per heavy atom. The highest BCUT2D eigenvalue weighted by atomic mass is 35.5. The normalized spacial score (nSPS) is 16.0. The fraction of sp³-hybridized carbons (Fsp3) is 0.133. The molecule has 0 fully saturated rings. The largest absolute Gasteiger partial charge is 0.420 e. The summed E-state index contributed by atoms with van der Waals surface area (Å²) in [6.07, 6.45) is 1.02. The Morgan fingerprint density at radius 1 is 1.27 bits per heavy atom. The third-order valence-corrected chi connectivity index (χ3v) is 7.45. The summed E-state index contributed by atoms with van der Waals surface area (Å²) in [5.41, 5.74) is 0.327. The van der Waals surface area contributed by atoms with Crippen LogP contribution in [0, 0.1) is 0 Å². The molecule has 0 aliphatic carbocycles. The van der Waals surface area contributed by atoms with Crippen LogP contribution in [0.5, 0.6) is 0 Å². The van der Waals surface area contributed by atoms with Crippen LogP contribution in [0.15, 0.2) is 39.9 Å². The molecule has 0 saturated carbocycles. The van der Waals surface area contributed by atoms with E-state index >= 15 is 0 Å². The molecular weight excluding hydrogens is 422 g/mol. The van der Waals surface area contributed by atoms with Crippen molar-refractivity contribution in [2.45, 2.75) is 4.90 Å². The van der Waals surface area contributed by atoms with E-state index in [1.807, 2.05) is 0 Å². The molecule has 0 N–H and O–H groups in total. The molecule has 1 aromatic heterocycles. The molecule has 2 heterocycles. The summed E-state index contributed by atoms with van der Waals surface area (Å²) in [4.78, 5) is 12.9. The van der Waals surface area contributed by atoms with Crippen LogP contribution in [0.2, 0.25) is 5.02 Å². The van der Waals surface area contributed by atoms with Gasteiger partial charge < -0.3 is 4.74 Å². The maximum absolute atomic E-state index is 12.4. The molecule has 0 radical (unpaired) electrons. The van der Waals surface area contributed by atoms with E-state index < -0.39 is 25.8 Å². The first kappa shape index (κ1) is 18.9. The molecule has 26 heavy (non-hydrogen) atoms. The van der Waals surface area contributed by atoms with Gasteiger partial charge in [0.1, 0.15) is 0 Å². The number of benzene rings is 1. The van der Waals surface area contributed by atoms with Crippen LogP contribution < -0.4 is 4.31 Å². The van der Waals surface area contributed by atoms with E-state index in [0.29, 0.717) is 10.6 Å². The third kappa shape index (κ3) is 3.37. The number of ether oxygens (including phenoxy) is 1. The summed E-state index contributed by atoms with van der Waals surface area (Å²) in [6.45, 7) is 0. The number of anilines is 1. The highest BCUT2D eigenvalue weighted by molar-refractivity contribution is 7.95. The number of hydrogen-bond donors (Lipinski definition) is 0. The number of sulfone groups is 1. The highest BCUT2D eigenvalue weighted by Gasteiger charge is 2.31. The summed E-state index contributed by atoms with van der Waals surface area (Å²) in [7, 11) is -5.85. The summed E-state index contributed by atoms with van der Waals surface area (Å²) >= 11 is 7.22. The molecule has 138 valence electrons. The predicted molar refractivity (Wildman–Crippen MR) is 99.6 cm³/mol. The van der Waals surface area contributed by atoms with E-state index in [2.05, 4.69) is 0 Å². The summed E-state index contributed by atoms with van der Waals surface area (Å²) in [5, 5.41) is 2.43. The molecule has 1 aromatic carbocycles. The third-order valence-electron chi connectivity index (χ3n) is 3.64. The zero-order chi connectivity index (χ0) is 19.3. The average Bonchev–Trinajstić information content (AvgIpc) is 3.01. The topological polar surface area (TPSA) is 97.8 Å². The Bertz CT molecular complexity index is 1150. The minimum Gasteiger partial charge on any atom is -0.420 e. The van der Waals surface area contributed by atoms with Gasteiger partial charge in [-0.25, -0.2) is 21.6 Å². The molecule has 1 aliphatic rings. The number of carbonyl (C=O) groups is 1. The van der Waals surface area contributed by atoms with Gasteiger partial charge in [0.15, 0.2) is 15.6 Å². The molecule has 2 aromatic rings. The van der Waals surface area contributed by atoms with Gasteiger partial charge >= 0.3 is 5.97 Å². The van der Waals surface area contributed by atoms with Crippen molar-refractivity contribution in [3.05, 3.63) is 50.5 Å².